The number of hydrogen-bond acceptors (Lipinski definition) is 5. The summed E-state index contributed by atoms with van der Waals surface area (Å²) in [5, 5.41) is 7.95. The summed E-state index contributed by atoms with van der Waals surface area (Å²) in [6.45, 7) is 4.34. The Hall–Kier alpha value is -2.70. The average molecular weight is 439 g/mol. The fourth-order valence-corrected chi connectivity index (χ4v) is 4.19. The molecule has 1 aliphatic heterocycles. The Morgan fingerprint density at radius 3 is 2.68 bits per heavy atom. The number of benzene rings is 2. The predicted octanol–water partition coefficient (Wildman–Crippen LogP) is 4.87. The molecule has 7 heteroatoms. The first-order valence-electron chi connectivity index (χ1n) is 10.8. The molecule has 1 aliphatic rings. The van der Waals surface area contributed by atoms with Gasteiger partial charge in [-0.25, -0.2) is 0 Å². The van der Waals surface area contributed by atoms with Crippen molar-refractivity contribution in [3.05, 3.63) is 71.1 Å². The molecule has 4 rings (SSSR count). The molecule has 162 valence electrons. The summed E-state index contributed by atoms with van der Waals surface area (Å²) in [5.74, 6) is 1.31. The summed E-state index contributed by atoms with van der Waals surface area (Å²) in [6.07, 6.45) is 2.53. The van der Waals surface area contributed by atoms with Crippen LogP contribution >= 0.6 is 11.6 Å². The lowest BCUT2D eigenvalue weighted by Crippen LogP contribution is -2.41. The van der Waals surface area contributed by atoms with Crippen molar-refractivity contribution in [3.8, 4) is 11.4 Å². The fraction of sp³-hybridized carbons (Fsp3) is 0.375. The van der Waals surface area contributed by atoms with Gasteiger partial charge in [-0.15, -0.1) is 0 Å². The first-order valence-corrected chi connectivity index (χ1v) is 11.2. The monoisotopic (exact) mass is 438 g/mol. The van der Waals surface area contributed by atoms with Gasteiger partial charge < -0.3 is 9.84 Å². The molecule has 2 heterocycles. The Morgan fingerprint density at radius 2 is 1.97 bits per heavy atom. The maximum absolute atomic E-state index is 12.8. The Kier molecular flexibility index (Phi) is 6.99. The molecule has 3 aromatic rings. The van der Waals surface area contributed by atoms with Crippen LogP contribution in [0.15, 0.2) is 59.1 Å². The van der Waals surface area contributed by atoms with E-state index in [0.717, 1.165) is 43.5 Å². The highest BCUT2D eigenvalue weighted by molar-refractivity contribution is 6.30. The number of hydrogen-bond donors (Lipinski definition) is 1. The standard InChI is InChI=1S/C24H27ClN4O2/c1-2-21(17-7-4-3-5-8-17)26-24(30)18-11-13-29(14-12-18)16-22-27-23(28-31-22)19-9-6-10-20(25)15-19/h3-10,15,18,21H,2,11-14,16H2,1H3,(H,26,30). The van der Waals surface area contributed by atoms with E-state index in [1.807, 2.05) is 42.5 Å². The fourth-order valence-electron chi connectivity index (χ4n) is 4.00. The number of amides is 1. The maximum atomic E-state index is 12.8. The quantitative estimate of drug-likeness (QED) is 0.569. The van der Waals surface area contributed by atoms with E-state index in [1.54, 1.807) is 0 Å². The summed E-state index contributed by atoms with van der Waals surface area (Å²) < 4.78 is 5.43. The molecule has 1 fully saturated rings. The van der Waals surface area contributed by atoms with Gasteiger partial charge in [0.05, 0.1) is 12.6 Å². The zero-order chi connectivity index (χ0) is 21.6. The molecule has 6 nitrogen and oxygen atoms in total. The van der Waals surface area contributed by atoms with Crippen LogP contribution in [0.1, 0.15) is 43.7 Å². The topological polar surface area (TPSA) is 71.3 Å². The van der Waals surface area contributed by atoms with Gasteiger partial charge in [0, 0.05) is 16.5 Å². The van der Waals surface area contributed by atoms with E-state index < -0.39 is 0 Å². The summed E-state index contributed by atoms with van der Waals surface area (Å²) >= 11 is 6.04. The number of rotatable bonds is 7. The molecule has 1 unspecified atom stereocenters. The number of aromatic nitrogens is 2. The molecule has 0 bridgehead atoms. The van der Waals surface area contributed by atoms with Crippen molar-refractivity contribution in [1.82, 2.24) is 20.4 Å². The third-order valence-corrected chi connectivity index (χ3v) is 6.03. The van der Waals surface area contributed by atoms with Crippen LogP contribution in [-0.4, -0.2) is 34.0 Å². The summed E-state index contributed by atoms with van der Waals surface area (Å²) in [4.78, 5) is 19.6. The molecule has 0 spiro atoms. The molecule has 0 aliphatic carbocycles. The van der Waals surface area contributed by atoms with Crippen molar-refractivity contribution in [2.45, 2.75) is 38.8 Å². The van der Waals surface area contributed by atoms with Crippen LogP contribution in [0.5, 0.6) is 0 Å². The minimum atomic E-state index is 0.0405. The second-order valence-corrected chi connectivity index (χ2v) is 8.39. The van der Waals surface area contributed by atoms with Gasteiger partial charge in [-0.3, -0.25) is 9.69 Å². The van der Waals surface area contributed by atoms with E-state index in [-0.39, 0.29) is 17.9 Å². The number of halogens is 1. The van der Waals surface area contributed by atoms with Gasteiger partial charge in [0.2, 0.25) is 17.6 Å². The van der Waals surface area contributed by atoms with Crippen LogP contribution in [0.4, 0.5) is 0 Å². The van der Waals surface area contributed by atoms with Gasteiger partial charge in [-0.1, -0.05) is 66.1 Å². The van der Waals surface area contributed by atoms with E-state index >= 15 is 0 Å². The van der Waals surface area contributed by atoms with E-state index in [4.69, 9.17) is 16.1 Å². The van der Waals surface area contributed by atoms with Gasteiger partial charge in [0.15, 0.2) is 0 Å². The predicted molar refractivity (Wildman–Crippen MR) is 120 cm³/mol. The van der Waals surface area contributed by atoms with Crippen molar-refractivity contribution < 1.29 is 9.32 Å². The highest BCUT2D eigenvalue weighted by Crippen LogP contribution is 2.24. The van der Waals surface area contributed by atoms with Gasteiger partial charge in [0.1, 0.15) is 0 Å². The molecule has 0 radical (unpaired) electrons. The Bertz CT molecular complexity index is 1000. The molecule has 1 N–H and O–H groups in total. The highest BCUT2D eigenvalue weighted by Gasteiger charge is 2.27. The molecular weight excluding hydrogens is 412 g/mol. The molecule has 1 aromatic heterocycles. The Balaban J connectivity index is 1.28. The molecular formula is C24H27ClN4O2. The number of likely N-dealkylation sites (tertiary alicyclic amines) is 1. The van der Waals surface area contributed by atoms with E-state index in [1.165, 1.54) is 0 Å². The highest BCUT2D eigenvalue weighted by atomic mass is 35.5. The number of carbonyl (C=O) groups is 1. The first kappa shape index (κ1) is 21.5. The molecule has 0 saturated carbocycles. The van der Waals surface area contributed by atoms with Crippen molar-refractivity contribution in [2.75, 3.05) is 13.1 Å². The van der Waals surface area contributed by atoms with Crippen LogP contribution in [0.2, 0.25) is 5.02 Å². The number of nitrogens with zero attached hydrogens (tertiary/aromatic N) is 3. The van der Waals surface area contributed by atoms with Crippen molar-refractivity contribution in [1.29, 1.82) is 0 Å². The Labute approximate surface area is 187 Å². The van der Waals surface area contributed by atoms with Crippen molar-refractivity contribution >= 4 is 17.5 Å². The molecule has 1 saturated heterocycles. The third-order valence-electron chi connectivity index (χ3n) is 5.79. The van der Waals surface area contributed by atoms with Crippen molar-refractivity contribution in [2.24, 2.45) is 5.92 Å². The third kappa shape index (κ3) is 5.51. The van der Waals surface area contributed by atoms with Gasteiger partial charge >= 0.3 is 0 Å². The zero-order valence-corrected chi connectivity index (χ0v) is 18.4. The average Bonchev–Trinajstić information content (AvgIpc) is 3.27. The maximum Gasteiger partial charge on any atom is 0.241 e. The zero-order valence-electron chi connectivity index (χ0n) is 17.6. The number of piperidine rings is 1. The normalized spacial score (nSPS) is 16.2. The van der Waals surface area contributed by atoms with E-state index in [9.17, 15) is 4.79 Å². The largest absolute Gasteiger partial charge is 0.349 e. The SMILES string of the molecule is CCC(NC(=O)C1CCN(Cc2nc(-c3cccc(Cl)c3)no2)CC1)c1ccccc1. The number of carbonyl (C=O) groups excluding carboxylic acids is 1. The lowest BCUT2D eigenvalue weighted by atomic mass is 9.94. The summed E-state index contributed by atoms with van der Waals surface area (Å²) in [5.41, 5.74) is 1.99. The van der Waals surface area contributed by atoms with E-state index in [0.29, 0.717) is 23.3 Å². The van der Waals surface area contributed by atoms with Gasteiger partial charge in [0.25, 0.3) is 0 Å². The second-order valence-electron chi connectivity index (χ2n) is 7.95. The number of nitrogens with one attached hydrogen (secondary N) is 1. The van der Waals surface area contributed by atoms with Crippen LogP contribution in [-0.2, 0) is 11.3 Å². The smallest absolute Gasteiger partial charge is 0.241 e. The molecule has 1 atom stereocenters. The van der Waals surface area contributed by atoms with Gasteiger partial charge in [-0.2, -0.15) is 4.98 Å². The first-order chi connectivity index (χ1) is 15.1. The van der Waals surface area contributed by atoms with Crippen LogP contribution < -0.4 is 5.32 Å². The van der Waals surface area contributed by atoms with Crippen LogP contribution in [0.3, 0.4) is 0 Å². The minimum Gasteiger partial charge on any atom is -0.349 e. The molecule has 31 heavy (non-hydrogen) atoms. The van der Waals surface area contributed by atoms with E-state index in [2.05, 4.69) is 39.4 Å². The molecule has 2 aromatic carbocycles. The second kappa shape index (κ2) is 10.1. The van der Waals surface area contributed by atoms with Crippen LogP contribution in [0, 0.1) is 5.92 Å². The van der Waals surface area contributed by atoms with Gasteiger partial charge in [-0.05, 0) is 50.0 Å². The lowest BCUT2D eigenvalue weighted by molar-refractivity contribution is -0.127. The van der Waals surface area contributed by atoms with Crippen LogP contribution in [0.25, 0.3) is 11.4 Å². The lowest BCUT2D eigenvalue weighted by Gasteiger charge is -2.31. The summed E-state index contributed by atoms with van der Waals surface area (Å²) in [7, 11) is 0. The van der Waals surface area contributed by atoms with Crippen molar-refractivity contribution in [3.63, 3.8) is 0 Å². The minimum absolute atomic E-state index is 0.0405. The summed E-state index contributed by atoms with van der Waals surface area (Å²) in [6, 6.07) is 17.6. The molecule has 1 amide bonds. The Morgan fingerprint density at radius 1 is 1.19 bits per heavy atom.